The number of hydrogen-bond donors (Lipinski definition) is 0. The molecular weight excluding hydrogens is 616 g/mol. The number of fused-ring (bicyclic) bond motifs is 1. The van der Waals surface area contributed by atoms with Gasteiger partial charge >= 0.3 is 11.9 Å². The standard InChI is InChI=1S/C34H55BrO8/c1-21(11-13-27(38-22(2)36)33(9)19-16-26(42-33)31(6,7)40-23(3)37)24-12-14-28-32(8,41-24)20-17-29(39-28)34(10)18-15-25(35)30(4,5)43-34/h24-29H,1,11-20H2,2-10H3. The van der Waals surface area contributed by atoms with Crippen LogP contribution >= 0.6 is 15.9 Å². The summed E-state index contributed by atoms with van der Waals surface area (Å²) >= 11 is 3.80. The summed E-state index contributed by atoms with van der Waals surface area (Å²) in [6.07, 6.45) is 7.43. The molecule has 0 aromatic rings. The molecule has 4 aliphatic heterocycles. The molecule has 9 unspecified atom stereocenters. The molecule has 0 bridgehead atoms. The number of rotatable bonds is 9. The van der Waals surface area contributed by atoms with Gasteiger partial charge in [-0.2, -0.15) is 0 Å². The van der Waals surface area contributed by atoms with Gasteiger partial charge in [0.05, 0.1) is 41.2 Å². The second-order valence-corrected chi connectivity index (χ2v) is 16.2. The SMILES string of the molecule is C=C(CCC(OC(C)=O)C1(C)CCC(C(C)(C)OC(C)=O)O1)C1CCC2OC(C3(C)CCC(Br)C(C)(C)O3)CCC2(C)O1. The molecule has 0 radical (unpaired) electrons. The molecule has 43 heavy (non-hydrogen) atoms. The third kappa shape index (κ3) is 7.70. The van der Waals surface area contributed by atoms with Crippen LogP contribution in [0.15, 0.2) is 12.2 Å². The number of hydrogen-bond acceptors (Lipinski definition) is 8. The lowest BCUT2D eigenvalue weighted by Gasteiger charge is -2.55. The third-order valence-corrected chi connectivity index (χ3v) is 12.1. The van der Waals surface area contributed by atoms with Crippen LogP contribution < -0.4 is 0 Å². The van der Waals surface area contributed by atoms with Crippen LogP contribution in [0.1, 0.15) is 127 Å². The lowest BCUT2D eigenvalue weighted by Crippen LogP contribution is -2.62. The van der Waals surface area contributed by atoms with Crippen LogP contribution in [0.3, 0.4) is 0 Å². The fourth-order valence-corrected chi connectivity index (χ4v) is 8.14. The molecule has 4 heterocycles. The van der Waals surface area contributed by atoms with E-state index in [-0.39, 0.29) is 53.2 Å². The highest BCUT2D eigenvalue weighted by molar-refractivity contribution is 9.09. The number of halogens is 1. The van der Waals surface area contributed by atoms with Gasteiger partial charge in [-0.05, 0) is 118 Å². The Balaban J connectivity index is 1.35. The lowest BCUT2D eigenvalue weighted by molar-refractivity contribution is -0.285. The van der Waals surface area contributed by atoms with Crippen LogP contribution in [-0.4, -0.2) is 75.3 Å². The minimum atomic E-state index is -0.774. The zero-order valence-electron chi connectivity index (χ0n) is 27.9. The first-order chi connectivity index (χ1) is 19.8. The summed E-state index contributed by atoms with van der Waals surface area (Å²) in [5.74, 6) is -0.683. The van der Waals surface area contributed by atoms with E-state index < -0.39 is 17.3 Å². The van der Waals surface area contributed by atoms with E-state index in [1.165, 1.54) is 13.8 Å². The zero-order valence-corrected chi connectivity index (χ0v) is 29.5. The highest BCUT2D eigenvalue weighted by atomic mass is 79.9. The van der Waals surface area contributed by atoms with Crippen molar-refractivity contribution in [3.8, 4) is 0 Å². The number of carbonyl (C=O) groups is 2. The predicted molar refractivity (Wildman–Crippen MR) is 168 cm³/mol. The summed E-state index contributed by atoms with van der Waals surface area (Å²) < 4.78 is 38.1. The quantitative estimate of drug-likeness (QED) is 0.145. The van der Waals surface area contributed by atoms with Crippen molar-refractivity contribution in [3.05, 3.63) is 12.2 Å². The average Bonchev–Trinajstić information content (AvgIpc) is 3.31. The van der Waals surface area contributed by atoms with Gasteiger partial charge in [-0.3, -0.25) is 9.59 Å². The molecule has 246 valence electrons. The van der Waals surface area contributed by atoms with E-state index in [4.69, 9.17) is 28.4 Å². The first-order valence-electron chi connectivity index (χ1n) is 16.2. The summed E-state index contributed by atoms with van der Waals surface area (Å²) in [5, 5.41) is 0. The van der Waals surface area contributed by atoms with Crippen LogP contribution in [-0.2, 0) is 38.0 Å². The Bertz CT molecular complexity index is 1060. The van der Waals surface area contributed by atoms with Gasteiger partial charge in [-0.25, -0.2) is 0 Å². The van der Waals surface area contributed by atoms with E-state index in [0.29, 0.717) is 30.5 Å². The van der Waals surface area contributed by atoms with Crippen molar-refractivity contribution in [2.24, 2.45) is 0 Å². The van der Waals surface area contributed by atoms with E-state index in [1.807, 2.05) is 20.8 Å². The van der Waals surface area contributed by atoms with E-state index >= 15 is 0 Å². The number of carbonyl (C=O) groups excluding carboxylic acids is 2. The average molecular weight is 672 g/mol. The van der Waals surface area contributed by atoms with Gasteiger partial charge in [0.15, 0.2) is 0 Å². The summed E-state index contributed by atoms with van der Waals surface area (Å²) in [4.78, 5) is 24.1. The molecule has 0 saturated carbocycles. The third-order valence-electron chi connectivity index (χ3n) is 10.5. The Morgan fingerprint density at radius 3 is 2.19 bits per heavy atom. The van der Waals surface area contributed by atoms with Gasteiger partial charge in [0, 0.05) is 18.7 Å². The van der Waals surface area contributed by atoms with E-state index in [2.05, 4.69) is 50.2 Å². The van der Waals surface area contributed by atoms with Gasteiger partial charge in [-0.1, -0.05) is 22.5 Å². The van der Waals surface area contributed by atoms with Crippen LogP contribution in [0.25, 0.3) is 0 Å². The van der Waals surface area contributed by atoms with Gasteiger partial charge in [0.2, 0.25) is 0 Å². The van der Waals surface area contributed by atoms with E-state index in [1.54, 1.807) is 0 Å². The normalized spacial score (nSPS) is 40.3. The molecule has 8 nitrogen and oxygen atoms in total. The van der Waals surface area contributed by atoms with E-state index in [9.17, 15) is 9.59 Å². The van der Waals surface area contributed by atoms with Crippen molar-refractivity contribution in [2.45, 2.75) is 190 Å². The van der Waals surface area contributed by atoms with Crippen molar-refractivity contribution < 1.29 is 38.0 Å². The van der Waals surface area contributed by atoms with E-state index in [0.717, 1.165) is 44.1 Å². The topological polar surface area (TPSA) is 89.5 Å². The number of esters is 2. The molecule has 9 heteroatoms. The maximum Gasteiger partial charge on any atom is 0.303 e. The maximum absolute atomic E-state index is 12.1. The van der Waals surface area contributed by atoms with Gasteiger partial charge in [0.1, 0.15) is 17.3 Å². The molecule has 0 spiro atoms. The molecule has 4 rings (SSSR count). The monoisotopic (exact) mass is 670 g/mol. The van der Waals surface area contributed by atoms with Gasteiger partial charge in [0.25, 0.3) is 0 Å². The molecule has 0 N–H and O–H groups in total. The molecule has 4 aliphatic rings. The summed E-state index contributed by atoms with van der Waals surface area (Å²) in [6.45, 7) is 21.7. The molecule has 4 saturated heterocycles. The molecule has 0 amide bonds. The van der Waals surface area contributed by atoms with Gasteiger partial charge < -0.3 is 28.4 Å². The van der Waals surface area contributed by atoms with Crippen molar-refractivity contribution >= 4 is 27.9 Å². The van der Waals surface area contributed by atoms with Gasteiger partial charge in [-0.15, -0.1) is 0 Å². The van der Waals surface area contributed by atoms with Crippen LogP contribution in [0, 0.1) is 0 Å². The van der Waals surface area contributed by atoms with Crippen molar-refractivity contribution in [3.63, 3.8) is 0 Å². The van der Waals surface area contributed by atoms with Crippen LogP contribution in [0.5, 0.6) is 0 Å². The lowest BCUT2D eigenvalue weighted by atomic mass is 9.76. The number of alkyl halides is 1. The predicted octanol–water partition coefficient (Wildman–Crippen LogP) is 7.13. The first kappa shape index (κ1) is 34.9. The number of ether oxygens (including phenoxy) is 6. The largest absolute Gasteiger partial charge is 0.459 e. The first-order valence-corrected chi connectivity index (χ1v) is 17.1. The van der Waals surface area contributed by atoms with Crippen molar-refractivity contribution in [2.75, 3.05) is 0 Å². The fraction of sp³-hybridized carbons (Fsp3) is 0.882. The zero-order chi connectivity index (χ0) is 32.0. The second kappa shape index (κ2) is 12.7. The minimum absolute atomic E-state index is 0.0117. The Morgan fingerprint density at radius 2 is 1.56 bits per heavy atom. The smallest absolute Gasteiger partial charge is 0.303 e. The highest BCUT2D eigenvalue weighted by Crippen LogP contribution is 2.49. The molecule has 0 aromatic heterocycles. The van der Waals surface area contributed by atoms with Crippen LogP contribution in [0.2, 0.25) is 0 Å². The summed E-state index contributed by atoms with van der Waals surface area (Å²) in [6, 6.07) is 0. The Hall–Kier alpha value is -1.00. The Morgan fingerprint density at radius 1 is 0.907 bits per heavy atom. The molecule has 9 atom stereocenters. The fourth-order valence-electron chi connectivity index (χ4n) is 7.81. The Kier molecular flexibility index (Phi) is 10.3. The molecule has 0 aliphatic carbocycles. The molecule has 4 fully saturated rings. The summed E-state index contributed by atoms with van der Waals surface area (Å²) in [7, 11) is 0. The van der Waals surface area contributed by atoms with Crippen LogP contribution in [0.4, 0.5) is 0 Å². The Labute approximate surface area is 267 Å². The second-order valence-electron chi connectivity index (χ2n) is 15.1. The summed E-state index contributed by atoms with van der Waals surface area (Å²) in [5.41, 5.74) is -1.40. The molecule has 0 aromatic carbocycles. The van der Waals surface area contributed by atoms with Crippen molar-refractivity contribution in [1.82, 2.24) is 0 Å². The molecular formula is C34H55BrO8. The van der Waals surface area contributed by atoms with Crippen molar-refractivity contribution in [1.29, 1.82) is 0 Å². The highest BCUT2D eigenvalue weighted by Gasteiger charge is 2.54. The maximum atomic E-state index is 12.1. The minimum Gasteiger partial charge on any atom is -0.459 e.